The third-order valence-electron chi connectivity index (χ3n) is 2.35. The molecule has 7 heteroatoms. The molecule has 1 saturated heterocycles. The molecular formula is C8H13N3O3S. The number of aromatic amines is 1. The molecule has 1 aliphatic heterocycles. The van der Waals surface area contributed by atoms with Crippen LogP contribution in [0.15, 0.2) is 17.3 Å². The molecule has 1 aliphatic rings. The Hall–Kier alpha value is -0.920. The lowest BCUT2D eigenvalue weighted by atomic mass is 10.1. The van der Waals surface area contributed by atoms with Crippen LogP contribution in [0.4, 0.5) is 0 Å². The van der Waals surface area contributed by atoms with Gasteiger partial charge in [-0.2, -0.15) is 5.10 Å². The highest BCUT2D eigenvalue weighted by molar-refractivity contribution is 7.89. The second-order valence-corrected chi connectivity index (χ2v) is 5.24. The minimum atomic E-state index is -3.43. The van der Waals surface area contributed by atoms with Crippen LogP contribution >= 0.6 is 0 Å². The van der Waals surface area contributed by atoms with Crippen LogP contribution in [0.5, 0.6) is 0 Å². The lowest BCUT2D eigenvalue weighted by Crippen LogP contribution is -2.29. The molecule has 1 aromatic rings. The fraction of sp³-hybridized carbons (Fsp3) is 0.625. The van der Waals surface area contributed by atoms with Crippen LogP contribution in [0.25, 0.3) is 0 Å². The van der Waals surface area contributed by atoms with Crippen LogP contribution < -0.4 is 4.72 Å². The van der Waals surface area contributed by atoms with Gasteiger partial charge in [0, 0.05) is 13.2 Å². The van der Waals surface area contributed by atoms with Crippen molar-refractivity contribution in [2.24, 2.45) is 5.92 Å². The van der Waals surface area contributed by atoms with Gasteiger partial charge in [-0.05, 0) is 18.4 Å². The zero-order valence-corrected chi connectivity index (χ0v) is 8.96. The molecule has 0 aliphatic carbocycles. The Morgan fingerprint density at radius 1 is 1.67 bits per heavy atom. The van der Waals surface area contributed by atoms with Gasteiger partial charge in [0.15, 0.2) is 5.03 Å². The summed E-state index contributed by atoms with van der Waals surface area (Å²) in [6, 6.07) is 1.42. The minimum absolute atomic E-state index is 0.0985. The molecule has 6 nitrogen and oxygen atoms in total. The van der Waals surface area contributed by atoms with Gasteiger partial charge < -0.3 is 4.74 Å². The van der Waals surface area contributed by atoms with Crippen molar-refractivity contribution in [3.8, 4) is 0 Å². The van der Waals surface area contributed by atoms with Crippen LogP contribution in [0.2, 0.25) is 0 Å². The van der Waals surface area contributed by atoms with Crippen LogP contribution in [0.3, 0.4) is 0 Å². The smallest absolute Gasteiger partial charge is 0.257 e. The van der Waals surface area contributed by atoms with Gasteiger partial charge in [-0.25, -0.2) is 13.1 Å². The van der Waals surface area contributed by atoms with E-state index in [0.29, 0.717) is 13.2 Å². The maximum absolute atomic E-state index is 11.6. The standard InChI is InChI=1S/C8H13N3O3S/c12-15(13,8-1-3-9-11-8)10-5-7-2-4-14-6-7/h1,3,7,10H,2,4-6H2,(H,9,11). The van der Waals surface area contributed by atoms with Gasteiger partial charge in [-0.1, -0.05) is 0 Å². The molecule has 0 spiro atoms. The number of ether oxygens (including phenoxy) is 1. The fourth-order valence-electron chi connectivity index (χ4n) is 1.44. The molecular weight excluding hydrogens is 218 g/mol. The van der Waals surface area contributed by atoms with E-state index in [1.807, 2.05) is 0 Å². The minimum Gasteiger partial charge on any atom is -0.381 e. The van der Waals surface area contributed by atoms with Gasteiger partial charge in [-0.15, -0.1) is 0 Å². The van der Waals surface area contributed by atoms with Crippen molar-refractivity contribution in [1.29, 1.82) is 0 Å². The van der Waals surface area contributed by atoms with E-state index in [2.05, 4.69) is 14.9 Å². The van der Waals surface area contributed by atoms with Gasteiger partial charge in [-0.3, -0.25) is 5.10 Å². The number of aromatic nitrogens is 2. The molecule has 1 atom stereocenters. The first-order valence-corrected chi connectivity index (χ1v) is 6.23. The van der Waals surface area contributed by atoms with Crippen molar-refractivity contribution in [3.63, 3.8) is 0 Å². The molecule has 2 N–H and O–H groups in total. The summed E-state index contributed by atoms with van der Waals surface area (Å²) in [6.45, 7) is 1.77. The Bertz CT molecular complexity index is 395. The molecule has 2 rings (SSSR count). The monoisotopic (exact) mass is 231 g/mol. The Morgan fingerprint density at radius 3 is 3.13 bits per heavy atom. The highest BCUT2D eigenvalue weighted by Gasteiger charge is 2.20. The average molecular weight is 231 g/mol. The van der Waals surface area contributed by atoms with E-state index in [-0.39, 0.29) is 10.9 Å². The Labute approximate surface area is 88.1 Å². The van der Waals surface area contributed by atoms with Gasteiger partial charge in [0.2, 0.25) is 0 Å². The Morgan fingerprint density at radius 2 is 2.53 bits per heavy atom. The molecule has 1 unspecified atom stereocenters. The van der Waals surface area contributed by atoms with Gasteiger partial charge in [0.25, 0.3) is 10.0 Å². The van der Waals surface area contributed by atoms with Crippen molar-refractivity contribution in [2.75, 3.05) is 19.8 Å². The van der Waals surface area contributed by atoms with Gasteiger partial charge in [0.05, 0.1) is 12.8 Å². The van der Waals surface area contributed by atoms with Crippen molar-refractivity contribution in [3.05, 3.63) is 12.3 Å². The molecule has 0 saturated carbocycles. The Balaban J connectivity index is 1.93. The van der Waals surface area contributed by atoms with E-state index in [0.717, 1.165) is 13.0 Å². The Kier molecular flexibility index (Phi) is 3.03. The molecule has 1 aromatic heterocycles. The summed E-state index contributed by atoms with van der Waals surface area (Å²) in [5.74, 6) is 0.280. The number of sulfonamides is 1. The molecule has 0 radical (unpaired) electrons. The number of rotatable bonds is 4. The van der Waals surface area contributed by atoms with Gasteiger partial charge >= 0.3 is 0 Å². The highest BCUT2D eigenvalue weighted by atomic mass is 32.2. The zero-order valence-electron chi connectivity index (χ0n) is 8.14. The van der Waals surface area contributed by atoms with Crippen LogP contribution in [0, 0.1) is 5.92 Å². The van der Waals surface area contributed by atoms with E-state index in [9.17, 15) is 8.42 Å². The number of hydrogen-bond donors (Lipinski definition) is 2. The molecule has 0 amide bonds. The van der Waals surface area contributed by atoms with Crippen LogP contribution in [-0.2, 0) is 14.8 Å². The third-order valence-corrected chi connectivity index (χ3v) is 3.70. The summed E-state index contributed by atoms with van der Waals surface area (Å²) in [7, 11) is -3.43. The lowest BCUT2D eigenvalue weighted by Gasteiger charge is -2.08. The number of hydrogen-bond acceptors (Lipinski definition) is 4. The molecule has 84 valence electrons. The maximum atomic E-state index is 11.6. The van der Waals surface area contributed by atoms with E-state index < -0.39 is 10.0 Å². The van der Waals surface area contributed by atoms with Crippen molar-refractivity contribution in [1.82, 2.24) is 14.9 Å². The number of nitrogens with zero attached hydrogens (tertiary/aromatic N) is 1. The molecule has 15 heavy (non-hydrogen) atoms. The summed E-state index contributed by atoms with van der Waals surface area (Å²) in [6.07, 6.45) is 2.32. The predicted octanol–water partition coefficient (Wildman–Crippen LogP) is -0.276. The fourth-order valence-corrected chi connectivity index (χ4v) is 2.47. The second kappa shape index (κ2) is 4.30. The largest absolute Gasteiger partial charge is 0.381 e. The average Bonchev–Trinajstić information content (AvgIpc) is 2.88. The van der Waals surface area contributed by atoms with Crippen molar-refractivity contribution >= 4 is 10.0 Å². The summed E-state index contributed by atoms with van der Waals surface area (Å²) in [4.78, 5) is 0. The van der Waals surface area contributed by atoms with Crippen molar-refractivity contribution < 1.29 is 13.2 Å². The van der Waals surface area contributed by atoms with Crippen LogP contribution in [0.1, 0.15) is 6.42 Å². The normalized spacial score (nSPS) is 22.0. The summed E-state index contributed by atoms with van der Waals surface area (Å²) in [5, 5.41) is 6.12. The highest BCUT2D eigenvalue weighted by Crippen LogP contribution is 2.12. The molecule has 1 fully saturated rings. The van der Waals surface area contributed by atoms with Crippen LogP contribution in [-0.4, -0.2) is 38.4 Å². The molecule has 2 heterocycles. The van der Waals surface area contributed by atoms with E-state index in [1.54, 1.807) is 0 Å². The number of nitrogens with one attached hydrogen (secondary N) is 2. The summed E-state index contributed by atoms with van der Waals surface area (Å²) in [5.41, 5.74) is 0. The van der Waals surface area contributed by atoms with E-state index in [4.69, 9.17) is 4.74 Å². The van der Waals surface area contributed by atoms with E-state index in [1.165, 1.54) is 12.3 Å². The lowest BCUT2D eigenvalue weighted by molar-refractivity contribution is 0.186. The number of H-pyrrole nitrogens is 1. The van der Waals surface area contributed by atoms with Gasteiger partial charge in [0.1, 0.15) is 0 Å². The molecule has 0 bridgehead atoms. The third kappa shape index (κ3) is 2.55. The predicted molar refractivity (Wildman–Crippen MR) is 52.7 cm³/mol. The molecule has 0 aromatic carbocycles. The SMILES string of the molecule is O=S(=O)(NCC1CCOC1)c1ccn[nH]1. The topological polar surface area (TPSA) is 84.1 Å². The first-order chi connectivity index (χ1) is 7.18. The first kappa shape index (κ1) is 10.6. The second-order valence-electron chi connectivity index (χ2n) is 3.50. The van der Waals surface area contributed by atoms with Crippen molar-refractivity contribution in [2.45, 2.75) is 11.4 Å². The summed E-state index contributed by atoms with van der Waals surface area (Å²) < 4.78 is 30.9. The van der Waals surface area contributed by atoms with E-state index >= 15 is 0 Å². The zero-order chi connectivity index (χ0) is 10.7. The maximum Gasteiger partial charge on any atom is 0.257 e. The quantitative estimate of drug-likeness (QED) is 0.746. The summed E-state index contributed by atoms with van der Waals surface area (Å²) >= 11 is 0. The first-order valence-electron chi connectivity index (χ1n) is 4.75.